The molecule has 1 N–H and O–H groups in total. The van der Waals surface area contributed by atoms with Crippen LogP contribution in [0.5, 0.6) is 0 Å². The van der Waals surface area contributed by atoms with Crippen LogP contribution in [0.4, 0.5) is 4.79 Å². The zero-order chi connectivity index (χ0) is 15.5. The van der Waals surface area contributed by atoms with Crippen LogP contribution in [0.25, 0.3) is 0 Å². The number of rotatable bonds is 3. The van der Waals surface area contributed by atoms with Crippen molar-refractivity contribution in [3.8, 4) is 0 Å². The number of amides is 2. The number of carbonyl (C=O) groups excluding carboxylic acids is 1. The van der Waals surface area contributed by atoms with Crippen LogP contribution < -0.4 is 5.32 Å². The molecule has 0 aromatic heterocycles. The third-order valence-electron chi connectivity index (χ3n) is 3.32. The van der Waals surface area contributed by atoms with Gasteiger partial charge in [0.05, 0.1) is 4.90 Å². The van der Waals surface area contributed by atoms with Crippen molar-refractivity contribution in [2.45, 2.75) is 24.8 Å². The van der Waals surface area contributed by atoms with Gasteiger partial charge >= 0.3 is 6.03 Å². The number of hydrogen-bond acceptors (Lipinski definition) is 3. The van der Waals surface area contributed by atoms with Gasteiger partial charge in [-0.15, -0.1) is 0 Å². The molecule has 1 saturated heterocycles. The minimum Gasteiger partial charge on any atom is -0.336 e. The first kappa shape index (κ1) is 15.8. The maximum atomic E-state index is 12.4. The standard InChI is InChI=1S/C14H21N3O3S/c1-12(2)15-14(18)16-8-10-17(11-9-16)21(19,20)13-6-4-3-5-7-13/h3-7,12H,8-11H2,1-2H3,(H,15,18). The number of urea groups is 1. The molecule has 1 aliphatic rings. The number of nitrogens with one attached hydrogen (secondary N) is 1. The van der Waals surface area contributed by atoms with E-state index in [-0.39, 0.29) is 12.1 Å². The molecule has 0 unspecified atom stereocenters. The molecular weight excluding hydrogens is 290 g/mol. The van der Waals surface area contributed by atoms with Crippen LogP contribution in [0, 0.1) is 0 Å². The normalized spacial score (nSPS) is 17.0. The fourth-order valence-electron chi connectivity index (χ4n) is 2.21. The molecule has 7 heteroatoms. The Balaban J connectivity index is 2.00. The van der Waals surface area contributed by atoms with Crippen molar-refractivity contribution in [1.29, 1.82) is 0 Å². The lowest BCUT2D eigenvalue weighted by molar-refractivity contribution is 0.170. The van der Waals surface area contributed by atoms with Crippen molar-refractivity contribution in [3.63, 3.8) is 0 Å². The summed E-state index contributed by atoms with van der Waals surface area (Å²) < 4.78 is 26.3. The lowest BCUT2D eigenvalue weighted by Crippen LogP contribution is -2.53. The Labute approximate surface area is 125 Å². The van der Waals surface area contributed by atoms with Gasteiger partial charge in [-0.1, -0.05) is 18.2 Å². The minimum atomic E-state index is -3.46. The van der Waals surface area contributed by atoms with E-state index in [4.69, 9.17) is 0 Å². The summed E-state index contributed by atoms with van der Waals surface area (Å²) in [6.45, 7) is 5.25. The fraction of sp³-hybridized carbons (Fsp3) is 0.500. The predicted molar refractivity (Wildman–Crippen MR) is 80.4 cm³/mol. The molecule has 1 fully saturated rings. The number of hydrogen-bond donors (Lipinski definition) is 1. The van der Waals surface area contributed by atoms with Gasteiger partial charge in [0, 0.05) is 32.2 Å². The molecule has 116 valence electrons. The van der Waals surface area contributed by atoms with Gasteiger partial charge in [0.1, 0.15) is 0 Å². The Morgan fingerprint density at radius 3 is 2.19 bits per heavy atom. The quantitative estimate of drug-likeness (QED) is 0.909. The Hall–Kier alpha value is -1.60. The van der Waals surface area contributed by atoms with Gasteiger partial charge < -0.3 is 10.2 Å². The van der Waals surface area contributed by atoms with Gasteiger partial charge in [-0.3, -0.25) is 0 Å². The number of benzene rings is 1. The highest BCUT2D eigenvalue weighted by molar-refractivity contribution is 7.89. The molecular formula is C14H21N3O3S. The molecule has 2 amide bonds. The second-order valence-electron chi connectivity index (χ2n) is 5.31. The summed E-state index contributed by atoms with van der Waals surface area (Å²) in [4.78, 5) is 13.8. The van der Waals surface area contributed by atoms with E-state index in [2.05, 4.69) is 5.32 Å². The van der Waals surface area contributed by atoms with E-state index in [0.29, 0.717) is 31.1 Å². The fourth-order valence-corrected chi connectivity index (χ4v) is 3.65. The molecule has 0 radical (unpaired) electrons. The van der Waals surface area contributed by atoms with Gasteiger partial charge in [0.15, 0.2) is 0 Å². The lowest BCUT2D eigenvalue weighted by atomic mass is 10.3. The smallest absolute Gasteiger partial charge is 0.317 e. The van der Waals surface area contributed by atoms with Crippen LogP contribution in [0.2, 0.25) is 0 Å². The van der Waals surface area contributed by atoms with Crippen LogP contribution in [0.1, 0.15) is 13.8 Å². The summed E-state index contributed by atoms with van der Waals surface area (Å²) in [7, 11) is -3.46. The molecule has 1 aliphatic heterocycles. The van der Waals surface area contributed by atoms with E-state index in [1.54, 1.807) is 35.2 Å². The van der Waals surface area contributed by atoms with Crippen LogP contribution in [-0.4, -0.2) is 55.9 Å². The van der Waals surface area contributed by atoms with Crippen molar-refractivity contribution in [1.82, 2.24) is 14.5 Å². The molecule has 0 bridgehead atoms. The SMILES string of the molecule is CC(C)NC(=O)N1CCN(S(=O)(=O)c2ccccc2)CC1. The maximum absolute atomic E-state index is 12.4. The minimum absolute atomic E-state index is 0.0728. The topological polar surface area (TPSA) is 69.7 Å². The Morgan fingerprint density at radius 1 is 1.10 bits per heavy atom. The van der Waals surface area contributed by atoms with Crippen LogP contribution in [0.3, 0.4) is 0 Å². The van der Waals surface area contributed by atoms with Crippen molar-refractivity contribution < 1.29 is 13.2 Å². The van der Waals surface area contributed by atoms with E-state index in [9.17, 15) is 13.2 Å². The van der Waals surface area contributed by atoms with Crippen LogP contribution >= 0.6 is 0 Å². The largest absolute Gasteiger partial charge is 0.336 e. The first-order valence-electron chi connectivity index (χ1n) is 7.02. The van der Waals surface area contributed by atoms with Crippen molar-refractivity contribution in [2.24, 2.45) is 0 Å². The molecule has 0 saturated carbocycles. The molecule has 0 aliphatic carbocycles. The molecule has 1 heterocycles. The van der Waals surface area contributed by atoms with Gasteiger partial charge in [-0.05, 0) is 26.0 Å². The first-order valence-corrected chi connectivity index (χ1v) is 8.46. The summed E-state index contributed by atoms with van der Waals surface area (Å²) >= 11 is 0. The van der Waals surface area contributed by atoms with Gasteiger partial charge in [-0.25, -0.2) is 13.2 Å². The molecule has 6 nitrogen and oxygen atoms in total. The van der Waals surface area contributed by atoms with E-state index >= 15 is 0 Å². The van der Waals surface area contributed by atoms with Crippen molar-refractivity contribution in [3.05, 3.63) is 30.3 Å². The Bertz CT molecular complexity index is 579. The van der Waals surface area contributed by atoms with E-state index in [1.807, 2.05) is 13.8 Å². The average molecular weight is 311 g/mol. The predicted octanol–water partition coefficient (Wildman–Crippen LogP) is 1.11. The van der Waals surface area contributed by atoms with E-state index in [0.717, 1.165) is 0 Å². The molecule has 0 spiro atoms. The Kier molecular flexibility index (Phi) is 4.84. The molecule has 21 heavy (non-hydrogen) atoms. The number of sulfonamides is 1. The van der Waals surface area contributed by atoms with Crippen LogP contribution in [-0.2, 0) is 10.0 Å². The highest BCUT2D eigenvalue weighted by Gasteiger charge is 2.29. The average Bonchev–Trinajstić information content (AvgIpc) is 2.47. The summed E-state index contributed by atoms with van der Waals surface area (Å²) in [6, 6.07) is 8.32. The number of piperazine rings is 1. The highest BCUT2D eigenvalue weighted by atomic mass is 32.2. The highest BCUT2D eigenvalue weighted by Crippen LogP contribution is 2.17. The molecule has 1 aromatic carbocycles. The second kappa shape index (κ2) is 6.44. The molecule has 1 aromatic rings. The second-order valence-corrected chi connectivity index (χ2v) is 7.25. The zero-order valence-corrected chi connectivity index (χ0v) is 13.1. The number of carbonyl (C=O) groups is 1. The Morgan fingerprint density at radius 2 is 1.67 bits per heavy atom. The maximum Gasteiger partial charge on any atom is 0.317 e. The summed E-state index contributed by atoms with van der Waals surface area (Å²) in [5.41, 5.74) is 0. The monoisotopic (exact) mass is 311 g/mol. The first-order chi connectivity index (χ1) is 9.91. The molecule has 2 rings (SSSR count). The lowest BCUT2D eigenvalue weighted by Gasteiger charge is -2.34. The van der Waals surface area contributed by atoms with Crippen LogP contribution in [0.15, 0.2) is 35.2 Å². The van der Waals surface area contributed by atoms with Gasteiger partial charge in [0.25, 0.3) is 0 Å². The van der Waals surface area contributed by atoms with Crippen molar-refractivity contribution in [2.75, 3.05) is 26.2 Å². The van der Waals surface area contributed by atoms with E-state index in [1.165, 1.54) is 4.31 Å². The summed E-state index contributed by atoms with van der Waals surface area (Å²) in [6.07, 6.45) is 0. The summed E-state index contributed by atoms with van der Waals surface area (Å²) in [5, 5.41) is 2.82. The third kappa shape index (κ3) is 3.74. The van der Waals surface area contributed by atoms with Crippen molar-refractivity contribution >= 4 is 16.1 Å². The third-order valence-corrected chi connectivity index (χ3v) is 5.23. The van der Waals surface area contributed by atoms with Gasteiger partial charge in [-0.2, -0.15) is 4.31 Å². The summed E-state index contributed by atoms with van der Waals surface area (Å²) in [5.74, 6) is 0. The van der Waals surface area contributed by atoms with E-state index < -0.39 is 10.0 Å². The number of nitrogens with zero attached hydrogens (tertiary/aromatic N) is 2. The molecule has 0 atom stereocenters. The zero-order valence-electron chi connectivity index (χ0n) is 12.3. The van der Waals surface area contributed by atoms with Gasteiger partial charge in [0.2, 0.25) is 10.0 Å².